The lowest BCUT2D eigenvalue weighted by Gasteiger charge is -2.06. The highest BCUT2D eigenvalue weighted by atomic mass is 32.2. The van der Waals surface area contributed by atoms with Crippen molar-refractivity contribution in [3.05, 3.63) is 18.2 Å². The van der Waals surface area contributed by atoms with Crippen molar-refractivity contribution in [3.8, 4) is 0 Å². The fourth-order valence-electron chi connectivity index (χ4n) is 1.60. The molecule has 1 aromatic carbocycles. The molecule has 2 rings (SSSR count). The Morgan fingerprint density at radius 3 is 2.75 bits per heavy atom. The summed E-state index contributed by atoms with van der Waals surface area (Å²) >= 11 is 1.28. The lowest BCUT2D eigenvalue weighted by Crippen LogP contribution is -2.19. The van der Waals surface area contributed by atoms with Crippen LogP contribution in [0.5, 0.6) is 0 Å². The van der Waals surface area contributed by atoms with Crippen molar-refractivity contribution in [2.75, 3.05) is 11.6 Å². The van der Waals surface area contributed by atoms with Gasteiger partial charge in [-0.1, -0.05) is 25.2 Å². The van der Waals surface area contributed by atoms with Gasteiger partial charge in [-0.3, -0.25) is 4.79 Å². The van der Waals surface area contributed by atoms with Gasteiger partial charge >= 0.3 is 0 Å². The van der Waals surface area contributed by atoms with E-state index in [0.717, 1.165) is 11.1 Å². The molecule has 0 fully saturated rings. The molecule has 5 nitrogen and oxygen atoms in total. The molecule has 108 valence electrons. The van der Waals surface area contributed by atoms with E-state index in [1.54, 1.807) is 12.1 Å². The van der Waals surface area contributed by atoms with Gasteiger partial charge in [-0.25, -0.2) is 13.4 Å². The number of thiazole rings is 1. The van der Waals surface area contributed by atoms with Crippen LogP contribution in [-0.4, -0.2) is 25.6 Å². The summed E-state index contributed by atoms with van der Waals surface area (Å²) in [5.41, 5.74) is 0.682. The zero-order valence-electron chi connectivity index (χ0n) is 11.5. The van der Waals surface area contributed by atoms with Gasteiger partial charge in [-0.2, -0.15) is 0 Å². The molecule has 0 aliphatic carbocycles. The number of sulfone groups is 1. The highest BCUT2D eigenvalue weighted by molar-refractivity contribution is 7.90. The number of amides is 1. The smallest absolute Gasteiger partial charge is 0.228 e. The van der Waals surface area contributed by atoms with E-state index < -0.39 is 9.84 Å². The largest absolute Gasteiger partial charge is 0.302 e. The zero-order valence-corrected chi connectivity index (χ0v) is 13.1. The number of anilines is 1. The summed E-state index contributed by atoms with van der Waals surface area (Å²) in [4.78, 5) is 16.3. The van der Waals surface area contributed by atoms with E-state index in [4.69, 9.17) is 0 Å². The minimum atomic E-state index is -3.23. The maximum atomic E-state index is 11.8. The molecule has 0 aliphatic rings. The first-order valence-corrected chi connectivity index (χ1v) is 8.93. The number of benzene rings is 1. The third kappa shape index (κ3) is 3.16. The van der Waals surface area contributed by atoms with E-state index >= 15 is 0 Å². The van der Waals surface area contributed by atoms with Gasteiger partial charge in [0.25, 0.3) is 0 Å². The Hall–Kier alpha value is -1.47. The van der Waals surface area contributed by atoms with Gasteiger partial charge in [0, 0.05) is 12.2 Å². The summed E-state index contributed by atoms with van der Waals surface area (Å²) < 4.78 is 23.8. The number of aromatic nitrogens is 1. The zero-order chi connectivity index (χ0) is 14.9. The average molecular weight is 312 g/mol. The second-order valence-corrected chi connectivity index (χ2v) is 7.77. The third-order valence-electron chi connectivity index (χ3n) is 3.08. The number of carbonyl (C=O) groups is 1. The summed E-state index contributed by atoms with van der Waals surface area (Å²) in [6.45, 7) is 3.80. The Morgan fingerprint density at radius 1 is 1.45 bits per heavy atom. The SMILES string of the molecule is CC[C@H](C)C(=O)Nc1nc2ccc(S(C)(=O)=O)cc2s1. The van der Waals surface area contributed by atoms with Crippen molar-refractivity contribution in [3.63, 3.8) is 0 Å². The van der Waals surface area contributed by atoms with Crippen LogP contribution in [0, 0.1) is 5.92 Å². The van der Waals surface area contributed by atoms with Crippen LogP contribution in [0.3, 0.4) is 0 Å². The van der Waals surface area contributed by atoms with E-state index in [0.29, 0.717) is 10.6 Å². The Balaban J connectivity index is 2.32. The normalized spacial score (nSPS) is 13.3. The Bertz CT molecular complexity index is 750. The van der Waals surface area contributed by atoms with Crippen LogP contribution in [0.4, 0.5) is 5.13 Å². The fourth-order valence-corrected chi connectivity index (χ4v) is 3.23. The lowest BCUT2D eigenvalue weighted by molar-refractivity contribution is -0.119. The molecule has 7 heteroatoms. The maximum absolute atomic E-state index is 11.8. The number of fused-ring (bicyclic) bond motifs is 1. The third-order valence-corrected chi connectivity index (χ3v) is 5.12. The van der Waals surface area contributed by atoms with E-state index in [-0.39, 0.29) is 16.7 Å². The van der Waals surface area contributed by atoms with Crippen molar-refractivity contribution >= 4 is 42.4 Å². The predicted octanol–water partition coefficient (Wildman–Crippen LogP) is 2.68. The van der Waals surface area contributed by atoms with Gasteiger partial charge in [-0.05, 0) is 24.6 Å². The number of hydrogen-bond donors (Lipinski definition) is 1. The molecule has 0 bridgehead atoms. The molecule has 0 aliphatic heterocycles. The van der Waals surface area contributed by atoms with Crippen molar-refractivity contribution < 1.29 is 13.2 Å². The van der Waals surface area contributed by atoms with Gasteiger partial charge < -0.3 is 5.32 Å². The molecule has 0 unspecified atom stereocenters. The van der Waals surface area contributed by atoms with Crippen LogP contribution < -0.4 is 5.32 Å². The monoisotopic (exact) mass is 312 g/mol. The van der Waals surface area contributed by atoms with Crippen LogP contribution >= 0.6 is 11.3 Å². The quantitative estimate of drug-likeness (QED) is 0.941. The van der Waals surface area contributed by atoms with Crippen molar-refractivity contribution in [1.82, 2.24) is 4.98 Å². The second kappa shape index (κ2) is 5.49. The standard InChI is InChI=1S/C13H16N2O3S2/c1-4-8(2)12(16)15-13-14-10-6-5-9(20(3,17)18)7-11(10)19-13/h5-8H,4H2,1-3H3,(H,14,15,16)/t8-/m0/s1. The molecule has 1 N–H and O–H groups in total. The van der Waals surface area contributed by atoms with Crippen molar-refractivity contribution in [1.29, 1.82) is 0 Å². The average Bonchev–Trinajstić information content (AvgIpc) is 2.77. The van der Waals surface area contributed by atoms with Gasteiger partial charge in [0.15, 0.2) is 15.0 Å². The molecular formula is C13H16N2O3S2. The Labute approximate surface area is 121 Å². The molecule has 1 atom stereocenters. The molecular weight excluding hydrogens is 296 g/mol. The summed E-state index contributed by atoms with van der Waals surface area (Å²) in [6, 6.07) is 4.76. The lowest BCUT2D eigenvalue weighted by atomic mass is 10.1. The molecule has 1 aromatic heterocycles. The van der Waals surface area contributed by atoms with Gasteiger partial charge in [0.1, 0.15) is 0 Å². The topological polar surface area (TPSA) is 76.1 Å². The fraction of sp³-hybridized carbons (Fsp3) is 0.385. The summed E-state index contributed by atoms with van der Waals surface area (Å²) in [5.74, 6) is -0.150. The molecule has 2 aromatic rings. The number of carbonyl (C=O) groups excluding carboxylic acids is 1. The van der Waals surface area contributed by atoms with E-state index in [9.17, 15) is 13.2 Å². The molecule has 1 amide bonds. The second-order valence-electron chi connectivity index (χ2n) is 4.72. The Kier molecular flexibility index (Phi) is 4.10. The van der Waals surface area contributed by atoms with Gasteiger partial charge in [-0.15, -0.1) is 0 Å². The first-order valence-electron chi connectivity index (χ1n) is 6.22. The first kappa shape index (κ1) is 14.9. The Morgan fingerprint density at radius 2 is 2.15 bits per heavy atom. The molecule has 0 radical (unpaired) electrons. The van der Waals surface area contributed by atoms with E-state index in [2.05, 4.69) is 10.3 Å². The highest BCUT2D eigenvalue weighted by Crippen LogP contribution is 2.28. The first-order chi connectivity index (χ1) is 9.31. The predicted molar refractivity (Wildman–Crippen MR) is 80.8 cm³/mol. The van der Waals surface area contributed by atoms with E-state index in [1.165, 1.54) is 23.7 Å². The molecule has 0 saturated heterocycles. The number of hydrogen-bond acceptors (Lipinski definition) is 5. The van der Waals surface area contributed by atoms with Crippen LogP contribution in [0.1, 0.15) is 20.3 Å². The van der Waals surface area contributed by atoms with Crippen molar-refractivity contribution in [2.45, 2.75) is 25.2 Å². The number of nitrogens with one attached hydrogen (secondary N) is 1. The van der Waals surface area contributed by atoms with Crippen LogP contribution in [0.2, 0.25) is 0 Å². The molecule has 20 heavy (non-hydrogen) atoms. The summed E-state index contributed by atoms with van der Waals surface area (Å²) in [6.07, 6.45) is 1.93. The van der Waals surface area contributed by atoms with Crippen LogP contribution in [-0.2, 0) is 14.6 Å². The highest BCUT2D eigenvalue weighted by Gasteiger charge is 2.14. The summed E-state index contributed by atoms with van der Waals surface area (Å²) in [5, 5.41) is 3.26. The van der Waals surface area contributed by atoms with E-state index in [1.807, 2.05) is 13.8 Å². The summed E-state index contributed by atoms with van der Waals surface area (Å²) in [7, 11) is -3.23. The van der Waals surface area contributed by atoms with Gasteiger partial charge in [0.05, 0.1) is 15.1 Å². The number of nitrogens with zero attached hydrogens (tertiary/aromatic N) is 1. The maximum Gasteiger partial charge on any atom is 0.228 e. The van der Waals surface area contributed by atoms with Crippen LogP contribution in [0.15, 0.2) is 23.1 Å². The minimum absolute atomic E-state index is 0.0742. The molecule has 1 heterocycles. The van der Waals surface area contributed by atoms with Gasteiger partial charge in [0.2, 0.25) is 5.91 Å². The van der Waals surface area contributed by atoms with Crippen LogP contribution in [0.25, 0.3) is 10.2 Å². The molecule has 0 saturated carbocycles. The van der Waals surface area contributed by atoms with Crippen molar-refractivity contribution in [2.24, 2.45) is 5.92 Å². The minimum Gasteiger partial charge on any atom is -0.302 e. The molecule has 0 spiro atoms. The number of rotatable bonds is 4.